The Morgan fingerprint density at radius 2 is 2.06 bits per heavy atom. The first kappa shape index (κ1) is 14.8. The molecule has 1 amide bonds. The molecule has 0 saturated heterocycles. The Bertz CT molecular complexity index is 425. The zero-order valence-corrected chi connectivity index (χ0v) is 10.9. The molecule has 0 fully saturated rings. The summed E-state index contributed by atoms with van der Waals surface area (Å²) in [5.41, 5.74) is 5.22. The van der Waals surface area contributed by atoms with Gasteiger partial charge in [0.05, 0.1) is 29.5 Å². The average molecular weight is 273 g/mol. The fourth-order valence-electron chi connectivity index (χ4n) is 1.44. The van der Waals surface area contributed by atoms with E-state index in [9.17, 15) is 15.0 Å². The second-order valence-electron chi connectivity index (χ2n) is 4.14. The Balaban J connectivity index is 2.90. The highest BCUT2D eigenvalue weighted by Crippen LogP contribution is 2.20. The van der Waals surface area contributed by atoms with Gasteiger partial charge >= 0.3 is 0 Å². The van der Waals surface area contributed by atoms with Gasteiger partial charge in [0.1, 0.15) is 0 Å². The van der Waals surface area contributed by atoms with Crippen LogP contribution < -0.4 is 11.1 Å². The van der Waals surface area contributed by atoms with E-state index in [2.05, 4.69) is 5.32 Å². The van der Waals surface area contributed by atoms with Gasteiger partial charge < -0.3 is 21.3 Å². The van der Waals surface area contributed by atoms with Gasteiger partial charge in [-0.2, -0.15) is 0 Å². The zero-order valence-electron chi connectivity index (χ0n) is 10.1. The summed E-state index contributed by atoms with van der Waals surface area (Å²) in [6.07, 6.45) is 0.412. The van der Waals surface area contributed by atoms with Crippen LogP contribution in [0.1, 0.15) is 23.7 Å². The molecule has 0 spiro atoms. The molecule has 0 bridgehead atoms. The number of rotatable bonds is 5. The maximum Gasteiger partial charge on any atom is 0.251 e. The summed E-state index contributed by atoms with van der Waals surface area (Å²) in [7, 11) is 0. The third-order valence-electron chi connectivity index (χ3n) is 2.92. The van der Waals surface area contributed by atoms with E-state index in [1.165, 1.54) is 18.2 Å². The second-order valence-corrected chi connectivity index (χ2v) is 4.55. The van der Waals surface area contributed by atoms with E-state index in [0.717, 1.165) is 0 Å². The number of benzene rings is 1. The summed E-state index contributed by atoms with van der Waals surface area (Å²) < 4.78 is 0. The Morgan fingerprint density at radius 3 is 2.50 bits per heavy atom. The van der Waals surface area contributed by atoms with Crippen molar-refractivity contribution in [1.82, 2.24) is 5.32 Å². The van der Waals surface area contributed by atoms with Crippen molar-refractivity contribution in [3.05, 3.63) is 28.8 Å². The lowest BCUT2D eigenvalue weighted by atomic mass is 9.98. The van der Waals surface area contributed by atoms with Crippen LogP contribution in [0.3, 0.4) is 0 Å². The number of nitrogens with one attached hydrogen (secondary N) is 1. The fraction of sp³-hybridized carbons (Fsp3) is 0.417. The summed E-state index contributed by atoms with van der Waals surface area (Å²) in [5, 5.41) is 21.5. The Morgan fingerprint density at radius 1 is 1.44 bits per heavy atom. The van der Waals surface area contributed by atoms with Crippen LogP contribution in [0.25, 0.3) is 0 Å². The number of aliphatic hydroxyl groups excluding tert-OH is 2. The van der Waals surface area contributed by atoms with Crippen molar-refractivity contribution in [3.8, 4) is 0 Å². The van der Waals surface area contributed by atoms with Crippen LogP contribution in [0.5, 0.6) is 0 Å². The van der Waals surface area contributed by atoms with Crippen LogP contribution in [0, 0.1) is 0 Å². The van der Waals surface area contributed by atoms with Crippen molar-refractivity contribution in [2.45, 2.75) is 18.9 Å². The lowest BCUT2D eigenvalue weighted by Crippen LogP contribution is -2.53. The molecule has 0 aliphatic carbocycles. The Labute approximate surface area is 111 Å². The Kier molecular flexibility index (Phi) is 4.95. The smallest absolute Gasteiger partial charge is 0.251 e. The topological polar surface area (TPSA) is 95.6 Å². The van der Waals surface area contributed by atoms with Gasteiger partial charge in [0.25, 0.3) is 5.91 Å². The lowest BCUT2D eigenvalue weighted by Gasteiger charge is -2.29. The number of anilines is 1. The minimum absolute atomic E-state index is 0.305. The van der Waals surface area contributed by atoms with Crippen molar-refractivity contribution in [3.63, 3.8) is 0 Å². The van der Waals surface area contributed by atoms with E-state index in [0.29, 0.717) is 22.7 Å². The number of amides is 1. The third-order valence-corrected chi connectivity index (χ3v) is 3.26. The maximum atomic E-state index is 12.0. The van der Waals surface area contributed by atoms with Gasteiger partial charge in [-0.1, -0.05) is 18.5 Å². The fourth-order valence-corrected chi connectivity index (χ4v) is 1.56. The number of nitrogen functional groups attached to an aromatic ring is 1. The normalized spacial score (nSPS) is 11.3. The SMILES string of the molecule is CCC(CO)(CO)NC(=O)c1ccc(Cl)c(N)c1. The molecule has 0 unspecified atom stereocenters. The van der Waals surface area contributed by atoms with E-state index in [1.54, 1.807) is 6.92 Å². The van der Waals surface area contributed by atoms with Crippen molar-refractivity contribution in [1.29, 1.82) is 0 Å². The summed E-state index contributed by atoms with van der Waals surface area (Å²) in [4.78, 5) is 12.0. The predicted molar refractivity (Wildman–Crippen MR) is 70.5 cm³/mol. The molecule has 0 aliphatic heterocycles. The molecule has 1 aromatic carbocycles. The van der Waals surface area contributed by atoms with Gasteiger partial charge in [-0.15, -0.1) is 0 Å². The molecule has 0 saturated carbocycles. The molecule has 100 valence electrons. The lowest BCUT2D eigenvalue weighted by molar-refractivity contribution is 0.0653. The molecule has 5 nitrogen and oxygen atoms in total. The molecule has 1 aromatic rings. The largest absolute Gasteiger partial charge is 0.398 e. The summed E-state index contributed by atoms with van der Waals surface area (Å²) in [6, 6.07) is 4.51. The average Bonchev–Trinajstić information content (AvgIpc) is 2.39. The molecule has 18 heavy (non-hydrogen) atoms. The molecule has 0 aromatic heterocycles. The quantitative estimate of drug-likeness (QED) is 0.596. The number of carbonyl (C=O) groups is 1. The molecular weight excluding hydrogens is 256 g/mol. The molecule has 0 radical (unpaired) electrons. The first-order valence-corrected chi connectivity index (χ1v) is 5.95. The highest BCUT2D eigenvalue weighted by Gasteiger charge is 2.28. The summed E-state index contributed by atoms with van der Waals surface area (Å²) in [5.74, 6) is -0.414. The van der Waals surface area contributed by atoms with Crippen LogP contribution in [-0.4, -0.2) is 34.9 Å². The van der Waals surface area contributed by atoms with Crippen molar-refractivity contribution in [2.24, 2.45) is 0 Å². The molecule has 0 heterocycles. The van der Waals surface area contributed by atoms with Crippen LogP contribution in [0.4, 0.5) is 5.69 Å². The molecule has 6 heteroatoms. The monoisotopic (exact) mass is 272 g/mol. The number of aliphatic hydroxyl groups is 2. The van der Waals surface area contributed by atoms with Crippen molar-refractivity contribution in [2.75, 3.05) is 18.9 Å². The van der Waals surface area contributed by atoms with Gasteiger partial charge in [0.2, 0.25) is 0 Å². The molecule has 1 rings (SSSR count). The first-order valence-electron chi connectivity index (χ1n) is 5.57. The van der Waals surface area contributed by atoms with Crippen molar-refractivity contribution >= 4 is 23.2 Å². The minimum Gasteiger partial charge on any atom is -0.398 e. The van der Waals surface area contributed by atoms with E-state index in [1.807, 2.05) is 0 Å². The van der Waals surface area contributed by atoms with Gasteiger partial charge in [-0.3, -0.25) is 4.79 Å². The van der Waals surface area contributed by atoms with Crippen LogP contribution in [0.15, 0.2) is 18.2 Å². The van der Waals surface area contributed by atoms with Gasteiger partial charge in [0.15, 0.2) is 0 Å². The molecular formula is C12H17ClN2O3. The zero-order chi connectivity index (χ0) is 13.8. The molecule has 5 N–H and O–H groups in total. The summed E-state index contributed by atoms with van der Waals surface area (Å²) in [6.45, 7) is 1.09. The van der Waals surface area contributed by atoms with E-state index >= 15 is 0 Å². The maximum absolute atomic E-state index is 12.0. The number of carbonyl (C=O) groups excluding carboxylic acids is 1. The third kappa shape index (κ3) is 3.13. The van der Waals surface area contributed by atoms with E-state index < -0.39 is 11.4 Å². The van der Waals surface area contributed by atoms with E-state index in [4.69, 9.17) is 17.3 Å². The minimum atomic E-state index is -1.02. The van der Waals surface area contributed by atoms with Crippen LogP contribution in [-0.2, 0) is 0 Å². The van der Waals surface area contributed by atoms with Crippen molar-refractivity contribution < 1.29 is 15.0 Å². The molecule has 0 aliphatic rings. The predicted octanol–water partition coefficient (Wildman–Crippen LogP) is 0.785. The van der Waals surface area contributed by atoms with Crippen LogP contribution >= 0.6 is 11.6 Å². The van der Waals surface area contributed by atoms with Gasteiger partial charge in [0, 0.05) is 5.56 Å². The highest BCUT2D eigenvalue weighted by atomic mass is 35.5. The second kappa shape index (κ2) is 6.04. The number of hydrogen-bond acceptors (Lipinski definition) is 4. The number of nitrogens with two attached hydrogens (primary N) is 1. The van der Waals surface area contributed by atoms with Gasteiger partial charge in [-0.05, 0) is 24.6 Å². The standard InChI is InChI=1S/C12H17ClN2O3/c1-2-12(6-16,7-17)15-11(18)8-3-4-9(13)10(14)5-8/h3-5,16-17H,2,6-7,14H2,1H3,(H,15,18). The highest BCUT2D eigenvalue weighted by molar-refractivity contribution is 6.33. The van der Waals surface area contributed by atoms with Gasteiger partial charge in [-0.25, -0.2) is 0 Å². The Hall–Kier alpha value is -1.30. The first-order chi connectivity index (χ1) is 8.48. The number of hydrogen-bond donors (Lipinski definition) is 4. The van der Waals surface area contributed by atoms with E-state index in [-0.39, 0.29) is 13.2 Å². The van der Waals surface area contributed by atoms with Crippen LogP contribution in [0.2, 0.25) is 5.02 Å². The summed E-state index contributed by atoms with van der Waals surface area (Å²) >= 11 is 5.76. The number of halogens is 1. The molecule has 0 atom stereocenters.